The quantitative estimate of drug-likeness (QED) is 0.0988. The van der Waals surface area contributed by atoms with Gasteiger partial charge in [-0.1, -0.05) is 55.5 Å². The number of H-pyrrole nitrogens is 2. The third-order valence-electron chi connectivity index (χ3n) is 14.3. The number of amides is 4. The number of ether oxygens (including phenoxy) is 5. The van der Waals surface area contributed by atoms with Gasteiger partial charge in [-0.15, -0.1) is 0 Å². The van der Waals surface area contributed by atoms with E-state index in [0.717, 1.165) is 61.9 Å². The number of hydrogen-bond acceptors (Lipinski definition) is 11. The number of piperidine rings is 1. The number of imidazole rings is 2. The van der Waals surface area contributed by atoms with Crippen molar-refractivity contribution in [1.29, 1.82) is 0 Å². The second-order valence-corrected chi connectivity index (χ2v) is 18.1. The lowest BCUT2D eigenvalue weighted by Gasteiger charge is -2.33. The van der Waals surface area contributed by atoms with Crippen LogP contribution in [-0.2, 0) is 35.1 Å². The van der Waals surface area contributed by atoms with Crippen LogP contribution in [0.1, 0.15) is 67.6 Å². The Morgan fingerprint density at radius 2 is 1.66 bits per heavy atom. The molecule has 17 heteroatoms. The third kappa shape index (κ3) is 7.88. The maximum absolute atomic E-state index is 14.4. The number of aromatic amines is 2. The normalized spacial score (nSPS) is 22.8. The molecule has 348 valence electrons. The number of carbonyl (C=O) groups is 4. The Kier molecular flexibility index (Phi) is 11.6. The van der Waals surface area contributed by atoms with E-state index in [1.807, 2.05) is 53.6 Å². The first-order chi connectivity index (χ1) is 32.5. The van der Waals surface area contributed by atoms with Crippen LogP contribution in [0.4, 0.5) is 9.59 Å². The van der Waals surface area contributed by atoms with Crippen LogP contribution < -0.4 is 15.4 Å². The summed E-state index contributed by atoms with van der Waals surface area (Å²) in [7, 11) is 5.71. The number of methoxy groups -OCH3 is 4. The molecule has 2 unspecified atom stereocenters. The summed E-state index contributed by atoms with van der Waals surface area (Å²) >= 11 is 0. The van der Waals surface area contributed by atoms with Crippen LogP contribution >= 0.6 is 0 Å². The minimum atomic E-state index is -0.959. The molecule has 2 saturated heterocycles. The maximum Gasteiger partial charge on any atom is 0.407 e. The fourth-order valence-electron chi connectivity index (χ4n) is 10.7. The molecule has 3 fully saturated rings. The molecule has 0 spiro atoms. The summed E-state index contributed by atoms with van der Waals surface area (Å²) in [6.07, 6.45) is 1.23. The van der Waals surface area contributed by atoms with Crippen LogP contribution in [0.2, 0.25) is 0 Å². The molecule has 10 rings (SSSR count). The predicted octanol–water partition coefficient (Wildman–Crippen LogP) is 6.97. The standard InChI is InChI=1S/C50H54N8O9/c1-25-33-19-39(58(44(25)33)48(60)41(26(2)64-4)55-49(61)65-5)45-51-21-37(53-45)30-12-14-32-31(17-30)24-67-40-20-34-29(18-35(32)40)13-15-36-43(34)54-46(52-36)38-16-27(23-63-3)22-57(38)47(59)42(56-50(62)66-6)28-10-8-7-9-11-28/h7-15,17-18,20-21,25-27,33,38-39,41-42,44H,16,19,22-24H2,1-6H3,(H,51,53)(H,52,54)(H,55,61)(H,56,62)/t25-,26-,27+,33?,38+,39+,41+,42-,44?/m1/s1. The Hall–Kier alpha value is -6.98. The molecule has 4 aliphatic rings. The molecule has 0 bridgehead atoms. The van der Waals surface area contributed by atoms with Gasteiger partial charge in [0.25, 0.3) is 5.91 Å². The largest absolute Gasteiger partial charge is 0.488 e. The number of benzene rings is 4. The van der Waals surface area contributed by atoms with Crippen LogP contribution in [0.3, 0.4) is 0 Å². The predicted molar refractivity (Wildman–Crippen MR) is 247 cm³/mol. The van der Waals surface area contributed by atoms with E-state index in [9.17, 15) is 19.2 Å². The average molecular weight is 911 g/mol. The van der Waals surface area contributed by atoms with E-state index in [4.69, 9.17) is 33.7 Å². The number of likely N-dealkylation sites (tertiary alicyclic amines) is 2. The number of nitrogens with zero attached hydrogens (tertiary/aromatic N) is 4. The third-order valence-corrected chi connectivity index (χ3v) is 14.3. The Morgan fingerprint density at radius 1 is 0.866 bits per heavy atom. The minimum absolute atomic E-state index is 0.0545. The van der Waals surface area contributed by atoms with Gasteiger partial charge in [0, 0.05) is 43.7 Å². The van der Waals surface area contributed by atoms with E-state index < -0.39 is 36.4 Å². The Morgan fingerprint density at radius 3 is 2.42 bits per heavy atom. The highest BCUT2D eigenvalue weighted by atomic mass is 16.5. The Balaban J connectivity index is 0.915. The molecular weight excluding hydrogens is 857 g/mol. The zero-order valence-corrected chi connectivity index (χ0v) is 38.2. The highest BCUT2D eigenvalue weighted by molar-refractivity contribution is 6.07. The zero-order valence-electron chi connectivity index (χ0n) is 38.2. The van der Waals surface area contributed by atoms with E-state index >= 15 is 0 Å². The summed E-state index contributed by atoms with van der Waals surface area (Å²) in [4.78, 5) is 74.0. The molecule has 67 heavy (non-hydrogen) atoms. The summed E-state index contributed by atoms with van der Waals surface area (Å²) in [6.45, 7) is 5.15. The molecule has 4 N–H and O–H groups in total. The van der Waals surface area contributed by atoms with Crippen molar-refractivity contribution in [2.75, 3.05) is 41.6 Å². The molecule has 0 radical (unpaired) electrons. The van der Waals surface area contributed by atoms with Gasteiger partial charge in [0.1, 0.15) is 36.1 Å². The van der Waals surface area contributed by atoms with Crippen molar-refractivity contribution in [3.63, 3.8) is 0 Å². The van der Waals surface area contributed by atoms with Gasteiger partial charge in [-0.25, -0.2) is 19.6 Å². The number of fused-ring (bicyclic) bond motifs is 7. The van der Waals surface area contributed by atoms with Crippen molar-refractivity contribution in [1.82, 2.24) is 40.4 Å². The monoisotopic (exact) mass is 910 g/mol. The van der Waals surface area contributed by atoms with Crippen molar-refractivity contribution < 1.29 is 42.9 Å². The van der Waals surface area contributed by atoms with Gasteiger partial charge in [-0.2, -0.15) is 0 Å². The van der Waals surface area contributed by atoms with Crippen LogP contribution in [0.5, 0.6) is 5.75 Å². The van der Waals surface area contributed by atoms with Crippen LogP contribution in [0.25, 0.3) is 44.2 Å². The van der Waals surface area contributed by atoms with Crippen LogP contribution in [-0.4, -0.2) is 114 Å². The molecule has 17 nitrogen and oxygen atoms in total. The van der Waals surface area contributed by atoms with Crippen molar-refractivity contribution in [3.8, 4) is 28.1 Å². The summed E-state index contributed by atoms with van der Waals surface area (Å²) < 4.78 is 27.3. The first-order valence-corrected chi connectivity index (χ1v) is 22.7. The molecule has 5 heterocycles. The van der Waals surface area contributed by atoms with Gasteiger partial charge in [0.15, 0.2) is 0 Å². The van der Waals surface area contributed by atoms with Gasteiger partial charge >= 0.3 is 12.2 Å². The molecule has 3 aliphatic heterocycles. The number of alkyl carbamates (subject to hydrolysis) is 2. The van der Waals surface area contributed by atoms with Gasteiger partial charge < -0.3 is 54.1 Å². The van der Waals surface area contributed by atoms with Gasteiger partial charge in [0.05, 0.1) is 61.9 Å². The topological polar surface area (TPSA) is 202 Å². The first kappa shape index (κ1) is 43.9. The Bertz CT molecular complexity index is 2880. The van der Waals surface area contributed by atoms with Crippen LogP contribution in [0.15, 0.2) is 79.0 Å². The zero-order chi connectivity index (χ0) is 46.7. The molecule has 9 atom stereocenters. The van der Waals surface area contributed by atoms with Crippen molar-refractivity contribution in [2.45, 2.75) is 69.6 Å². The second kappa shape index (κ2) is 17.7. The SMILES string of the molecule is COC[C@H]1C[C@@H](c2nc3c(ccc4cc5c(cc43)OCc3cc(-c4cnc([C@@H]6CC7C([C@@H]7C)N6C(=O)[C@@H](NC(=O)OC)[C@@H](C)OC)[nH]4)ccc3-5)[nH]2)N(C(=O)[C@H](NC(=O)OC)c2ccccc2)C1. The Labute approximate surface area is 386 Å². The summed E-state index contributed by atoms with van der Waals surface area (Å²) in [5.41, 5.74) is 7.05. The highest BCUT2D eigenvalue weighted by Gasteiger charge is 2.61. The number of hydrogen-bond donors (Lipinski definition) is 4. The van der Waals surface area contributed by atoms with Crippen molar-refractivity contribution in [2.24, 2.45) is 17.8 Å². The molecular formula is C50H54N8O9. The summed E-state index contributed by atoms with van der Waals surface area (Å²) in [5.74, 6) is 2.35. The minimum Gasteiger partial charge on any atom is -0.488 e. The lowest BCUT2D eigenvalue weighted by atomic mass is 9.92. The van der Waals surface area contributed by atoms with Crippen molar-refractivity contribution >= 4 is 45.8 Å². The molecule has 1 saturated carbocycles. The number of nitrogens with one attached hydrogen (secondary N) is 4. The van der Waals surface area contributed by atoms with Gasteiger partial charge in [-0.05, 0) is 83.5 Å². The van der Waals surface area contributed by atoms with E-state index in [0.29, 0.717) is 55.2 Å². The molecule has 1 aliphatic carbocycles. The average Bonchev–Trinajstić information content (AvgIpc) is 3.99. The number of rotatable bonds is 12. The van der Waals surface area contributed by atoms with Crippen LogP contribution in [0, 0.1) is 17.8 Å². The number of aromatic nitrogens is 4. The van der Waals surface area contributed by atoms with E-state index in [-0.39, 0.29) is 29.8 Å². The first-order valence-electron chi connectivity index (χ1n) is 22.7. The fourth-order valence-corrected chi connectivity index (χ4v) is 10.7. The molecule has 4 aromatic carbocycles. The summed E-state index contributed by atoms with van der Waals surface area (Å²) in [6, 6.07) is 21.2. The van der Waals surface area contributed by atoms with Crippen molar-refractivity contribution in [3.05, 3.63) is 102 Å². The van der Waals surface area contributed by atoms with E-state index in [1.54, 1.807) is 18.9 Å². The van der Waals surface area contributed by atoms with Gasteiger partial charge in [-0.3, -0.25) is 9.59 Å². The van der Waals surface area contributed by atoms with E-state index in [2.05, 4.69) is 57.9 Å². The van der Waals surface area contributed by atoms with Gasteiger partial charge in [0.2, 0.25) is 5.91 Å². The molecule has 6 aromatic rings. The highest BCUT2D eigenvalue weighted by Crippen LogP contribution is 2.57. The smallest absolute Gasteiger partial charge is 0.407 e. The fraction of sp³-hybridized carbons (Fsp3) is 0.400. The lowest BCUT2D eigenvalue weighted by Crippen LogP contribution is -2.55. The molecule has 2 aromatic heterocycles. The van der Waals surface area contributed by atoms with E-state index in [1.165, 1.54) is 21.3 Å². The maximum atomic E-state index is 14.4. The lowest BCUT2D eigenvalue weighted by molar-refractivity contribution is -0.139. The molecule has 4 amide bonds. The number of carbonyl (C=O) groups excluding carboxylic acids is 4. The summed E-state index contributed by atoms with van der Waals surface area (Å²) in [5, 5.41) is 7.33. The second-order valence-electron chi connectivity index (χ2n) is 18.1.